The lowest BCUT2D eigenvalue weighted by Crippen LogP contribution is -2.38. The molecule has 0 saturated heterocycles. The second-order valence-electron chi connectivity index (χ2n) is 7.40. The highest BCUT2D eigenvalue weighted by Gasteiger charge is 2.27. The Morgan fingerprint density at radius 1 is 1.16 bits per heavy atom. The van der Waals surface area contributed by atoms with Gasteiger partial charge >= 0.3 is 0 Å². The van der Waals surface area contributed by atoms with Gasteiger partial charge in [0.25, 0.3) is 0 Å². The number of carbonyl (C=O) groups is 2. The Morgan fingerprint density at radius 2 is 1.97 bits per heavy atom. The van der Waals surface area contributed by atoms with Gasteiger partial charge in [-0.25, -0.2) is 4.99 Å². The highest BCUT2D eigenvalue weighted by molar-refractivity contribution is 7.98. The van der Waals surface area contributed by atoms with Crippen LogP contribution in [0.3, 0.4) is 0 Å². The lowest BCUT2D eigenvalue weighted by atomic mass is 10.1. The molecule has 0 unspecified atom stereocenters. The van der Waals surface area contributed by atoms with E-state index in [-0.39, 0.29) is 24.8 Å². The number of aryl methyl sites for hydroxylation is 2. The molecular formula is C24H23N3O2S2. The Bertz CT molecular complexity index is 1170. The van der Waals surface area contributed by atoms with E-state index in [2.05, 4.69) is 5.32 Å². The van der Waals surface area contributed by atoms with Crippen molar-refractivity contribution in [2.24, 2.45) is 4.99 Å². The van der Waals surface area contributed by atoms with E-state index >= 15 is 0 Å². The maximum absolute atomic E-state index is 13.2. The minimum Gasteiger partial charge on any atom is -0.324 e. The Labute approximate surface area is 190 Å². The van der Waals surface area contributed by atoms with Crippen LogP contribution in [0.15, 0.2) is 63.8 Å². The van der Waals surface area contributed by atoms with Crippen LogP contribution in [0.5, 0.6) is 0 Å². The Hall–Kier alpha value is -2.90. The van der Waals surface area contributed by atoms with Crippen LogP contribution in [0, 0.1) is 13.8 Å². The van der Waals surface area contributed by atoms with E-state index in [0.29, 0.717) is 5.69 Å². The molecule has 2 aromatic carbocycles. The molecule has 1 aromatic heterocycles. The lowest BCUT2D eigenvalue weighted by Gasteiger charge is -2.23. The molecule has 1 N–H and O–H groups in total. The van der Waals surface area contributed by atoms with Gasteiger partial charge in [0.2, 0.25) is 11.8 Å². The number of thioether (sulfide) groups is 1. The van der Waals surface area contributed by atoms with Crippen molar-refractivity contribution in [2.75, 3.05) is 23.0 Å². The third-order valence-corrected chi connectivity index (χ3v) is 6.86. The van der Waals surface area contributed by atoms with Crippen LogP contribution in [-0.4, -0.2) is 30.3 Å². The summed E-state index contributed by atoms with van der Waals surface area (Å²) in [6.07, 6.45) is 2.14. The maximum Gasteiger partial charge on any atom is 0.244 e. The van der Waals surface area contributed by atoms with Crippen molar-refractivity contribution in [2.45, 2.75) is 25.2 Å². The zero-order valence-electron chi connectivity index (χ0n) is 17.6. The molecule has 5 nitrogen and oxygen atoms in total. The summed E-state index contributed by atoms with van der Waals surface area (Å²) in [7, 11) is 0. The monoisotopic (exact) mass is 449 g/mol. The van der Waals surface area contributed by atoms with Gasteiger partial charge in [0.15, 0.2) is 0 Å². The molecule has 4 rings (SSSR count). The van der Waals surface area contributed by atoms with Crippen molar-refractivity contribution < 1.29 is 9.59 Å². The van der Waals surface area contributed by atoms with Gasteiger partial charge in [0, 0.05) is 15.5 Å². The van der Waals surface area contributed by atoms with Crippen LogP contribution in [0.25, 0.3) is 0 Å². The Balaban J connectivity index is 1.65. The van der Waals surface area contributed by atoms with Gasteiger partial charge in [-0.15, -0.1) is 23.1 Å². The van der Waals surface area contributed by atoms with Crippen molar-refractivity contribution in [3.8, 4) is 0 Å². The first-order valence-electron chi connectivity index (χ1n) is 9.91. The van der Waals surface area contributed by atoms with Crippen LogP contribution in [0.1, 0.15) is 22.4 Å². The second kappa shape index (κ2) is 9.08. The molecule has 0 spiro atoms. The topological polar surface area (TPSA) is 61.8 Å². The zero-order valence-corrected chi connectivity index (χ0v) is 19.3. The van der Waals surface area contributed by atoms with E-state index in [4.69, 9.17) is 4.99 Å². The number of nitrogens with zero attached hydrogens (tertiary/aromatic N) is 2. The van der Waals surface area contributed by atoms with Crippen molar-refractivity contribution >= 4 is 57.7 Å². The minimum absolute atomic E-state index is 0.0644. The van der Waals surface area contributed by atoms with E-state index in [1.165, 1.54) is 0 Å². The summed E-state index contributed by atoms with van der Waals surface area (Å²) in [5.74, 6) is -0.377. The van der Waals surface area contributed by atoms with E-state index < -0.39 is 0 Å². The highest BCUT2D eigenvalue weighted by Crippen LogP contribution is 2.36. The fourth-order valence-electron chi connectivity index (χ4n) is 3.45. The highest BCUT2D eigenvalue weighted by atomic mass is 32.2. The molecule has 0 fully saturated rings. The molecule has 0 saturated carbocycles. The standard InChI is InChI=1S/C24H23N3O2S2/c1-15-10-19-21(11-16(15)2)27(24(29)13-20(26-19)22-8-5-9-31-22)14-23(28)25-17-6-4-7-18(12-17)30-3/h4-12H,13-14H2,1-3H3,(H,25,28). The molecular weight excluding hydrogens is 426 g/mol. The average Bonchev–Trinajstić information content (AvgIpc) is 3.25. The lowest BCUT2D eigenvalue weighted by molar-refractivity contribution is -0.120. The summed E-state index contributed by atoms with van der Waals surface area (Å²) in [6.45, 7) is 3.96. The van der Waals surface area contributed by atoms with Gasteiger partial charge < -0.3 is 10.2 Å². The van der Waals surface area contributed by atoms with Gasteiger partial charge in [-0.05, 0) is 73.0 Å². The quantitative estimate of drug-likeness (QED) is 0.517. The number of thiophene rings is 1. The Morgan fingerprint density at radius 3 is 2.71 bits per heavy atom. The SMILES string of the molecule is CSc1cccc(NC(=O)CN2C(=O)CC(c3cccs3)=Nc3cc(C)c(C)cc32)c1. The molecule has 158 valence electrons. The summed E-state index contributed by atoms with van der Waals surface area (Å²) in [6, 6.07) is 15.5. The van der Waals surface area contributed by atoms with E-state index in [9.17, 15) is 9.59 Å². The predicted octanol–water partition coefficient (Wildman–Crippen LogP) is 5.58. The molecule has 1 aliphatic rings. The first-order valence-corrected chi connectivity index (χ1v) is 12.0. The molecule has 7 heteroatoms. The first-order chi connectivity index (χ1) is 14.9. The van der Waals surface area contributed by atoms with Crippen LogP contribution in [0.4, 0.5) is 17.1 Å². The number of nitrogens with one attached hydrogen (secondary N) is 1. The molecule has 0 aliphatic carbocycles. The summed E-state index contributed by atoms with van der Waals surface area (Å²) in [5.41, 5.74) is 5.00. The predicted molar refractivity (Wildman–Crippen MR) is 130 cm³/mol. The van der Waals surface area contributed by atoms with Crippen LogP contribution >= 0.6 is 23.1 Å². The molecule has 31 heavy (non-hydrogen) atoms. The molecule has 0 atom stereocenters. The summed E-state index contributed by atoms with van der Waals surface area (Å²) >= 11 is 3.17. The van der Waals surface area contributed by atoms with Crippen LogP contribution in [0.2, 0.25) is 0 Å². The van der Waals surface area contributed by atoms with Gasteiger partial charge in [0.1, 0.15) is 6.54 Å². The van der Waals surface area contributed by atoms with Crippen LogP contribution < -0.4 is 10.2 Å². The number of amides is 2. The van der Waals surface area contributed by atoms with Gasteiger partial charge in [-0.1, -0.05) is 12.1 Å². The number of anilines is 2. The summed E-state index contributed by atoms with van der Waals surface area (Å²) in [4.78, 5) is 34.5. The van der Waals surface area contributed by atoms with Crippen molar-refractivity contribution in [3.05, 3.63) is 69.9 Å². The number of hydrogen-bond donors (Lipinski definition) is 1. The van der Waals surface area contributed by atoms with Gasteiger partial charge in [0.05, 0.1) is 23.5 Å². The fraction of sp³-hybridized carbons (Fsp3) is 0.208. The fourth-order valence-corrected chi connectivity index (χ4v) is 4.63. The number of hydrogen-bond acceptors (Lipinski definition) is 5. The van der Waals surface area contributed by atoms with Crippen LogP contribution in [-0.2, 0) is 9.59 Å². The maximum atomic E-state index is 13.2. The molecule has 0 radical (unpaired) electrons. The molecule has 0 bridgehead atoms. The van der Waals surface area contributed by atoms with Gasteiger partial charge in [-0.3, -0.25) is 9.59 Å². The number of carbonyl (C=O) groups excluding carboxylic acids is 2. The van der Waals surface area contributed by atoms with Crippen molar-refractivity contribution in [1.29, 1.82) is 0 Å². The minimum atomic E-state index is -0.240. The number of fused-ring (bicyclic) bond motifs is 1. The molecule has 3 aromatic rings. The van der Waals surface area contributed by atoms with E-state index in [0.717, 1.165) is 38.0 Å². The third kappa shape index (κ3) is 4.73. The summed E-state index contributed by atoms with van der Waals surface area (Å²) in [5, 5.41) is 4.89. The smallest absolute Gasteiger partial charge is 0.244 e. The van der Waals surface area contributed by atoms with Crippen molar-refractivity contribution in [3.63, 3.8) is 0 Å². The van der Waals surface area contributed by atoms with Gasteiger partial charge in [-0.2, -0.15) is 0 Å². The second-order valence-corrected chi connectivity index (χ2v) is 9.23. The number of aliphatic imine (C=N–C) groups is 1. The zero-order chi connectivity index (χ0) is 22.0. The Kier molecular flexibility index (Phi) is 6.25. The van der Waals surface area contributed by atoms with E-state index in [1.807, 2.05) is 74.0 Å². The largest absolute Gasteiger partial charge is 0.324 e. The normalized spacial score (nSPS) is 13.5. The molecule has 2 heterocycles. The first kappa shape index (κ1) is 21.3. The van der Waals surface area contributed by atoms with Crippen molar-refractivity contribution in [1.82, 2.24) is 0 Å². The molecule has 2 amide bonds. The number of rotatable bonds is 5. The third-order valence-electron chi connectivity index (χ3n) is 5.22. The van der Waals surface area contributed by atoms with E-state index in [1.54, 1.807) is 28.0 Å². The molecule has 1 aliphatic heterocycles. The average molecular weight is 450 g/mol. The summed E-state index contributed by atoms with van der Waals surface area (Å²) < 4.78 is 0. The number of benzene rings is 2.